The maximum Gasteiger partial charge on any atom is 0.353 e. The van der Waals surface area contributed by atoms with Crippen LogP contribution in [0.5, 0.6) is 0 Å². The van der Waals surface area contributed by atoms with E-state index in [0.29, 0.717) is 23.0 Å². The Hall–Kier alpha value is -3.15. The van der Waals surface area contributed by atoms with E-state index in [1.54, 1.807) is 10.6 Å². The van der Waals surface area contributed by atoms with Crippen LogP contribution in [-0.4, -0.2) is 20.6 Å². The maximum absolute atomic E-state index is 11.9. The molecule has 0 spiro atoms. The second-order valence-electron chi connectivity index (χ2n) is 5.50. The van der Waals surface area contributed by atoms with Gasteiger partial charge in [-0.05, 0) is 18.1 Å². The highest BCUT2D eigenvalue weighted by Crippen LogP contribution is 2.37. The van der Waals surface area contributed by atoms with Gasteiger partial charge in [-0.3, -0.25) is 10.1 Å². The molecule has 0 amide bonds. The van der Waals surface area contributed by atoms with Gasteiger partial charge in [0.05, 0.1) is 4.92 Å². The lowest BCUT2D eigenvalue weighted by molar-refractivity contribution is -0.384. The van der Waals surface area contributed by atoms with E-state index >= 15 is 0 Å². The zero-order valence-corrected chi connectivity index (χ0v) is 13.1. The highest BCUT2D eigenvalue weighted by molar-refractivity contribution is 6.08. The van der Waals surface area contributed by atoms with E-state index in [9.17, 15) is 20.0 Å². The SMILES string of the molecule is CCCn1c(C(=O)O)c(-c2ccccc2)c2cc([N+](=O)[O-])ccc21. The molecule has 0 aliphatic carbocycles. The minimum Gasteiger partial charge on any atom is -0.477 e. The summed E-state index contributed by atoms with van der Waals surface area (Å²) in [4.78, 5) is 22.6. The van der Waals surface area contributed by atoms with Crippen LogP contribution in [0.25, 0.3) is 22.0 Å². The van der Waals surface area contributed by atoms with Crippen molar-refractivity contribution in [3.05, 3.63) is 64.3 Å². The van der Waals surface area contributed by atoms with Crippen molar-refractivity contribution in [2.45, 2.75) is 19.9 Å². The predicted molar refractivity (Wildman–Crippen MR) is 91.3 cm³/mol. The molecule has 6 nitrogen and oxygen atoms in total. The van der Waals surface area contributed by atoms with Crippen LogP contribution in [0.2, 0.25) is 0 Å². The van der Waals surface area contributed by atoms with Crippen molar-refractivity contribution in [3.63, 3.8) is 0 Å². The van der Waals surface area contributed by atoms with E-state index in [-0.39, 0.29) is 11.4 Å². The molecule has 6 heteroatoms. The lowest BCUT2D eigenvalue weighted by Gasteiger charge is -2.07. The molecule has 0 radical (unpaired) electrons. The van der Waals surface area contributed by atoms with Gasteiger partial charge in [0.2, 0.25) is 0 Å². The molecule has 0 saturated carbocycles. The largest absolute Gasteiger partial charge is 0.477 e. The van der Waals surface area contributed by atoms with Gasteiger partial charge in [-0.2, -0.15) is 0 Å². The molecule has 2 aromatic carbocycles. The van der Waals surface area contributed by atoms with Crippen molar-refractivity contribution in [1.82, 2.24) is 4.57 Å². The number of carboxylic acids is 1. The van der Waals surface area contributed by atoms with Crippen LogP contribution in [-0.2, 0) is 6.54 Å². The fourth-order valence-electron chi connectivity index (χ4n) is 3.03. The summed E-state index contributed by atoms with van der Waals surface area (Å²) in [5.74, 6) is -1.04. The molecular formula is C18H16N2O4. The minimum atomic E-state index is -1.04. The number of carboxylic acid groups (broad SMARTS) is 1. The Labute approximate surface area is 138 Å². The molecular weight excluding hydrogens is 308 g/mol. The van der Waals surface area contributed by atoms with Gasteiger partial charge in [0.25, 0.3) is 5.69 Å². The molecule has 0 fully saturated rings. The Morgan fingerprint density at radius 3 is 2.50 bits per heavy atom. The van der Waals surface area contributed by atoms with Gasteiger partial charge in [0.15, 0.2) is 0 Å². The second-order valence-corrected chi connectivity index (χ2v) is 5.50. The number of nitro groups is 1. The fraction of sp³-hybridized carbons (Fsp3) is 0.167. The van der Waals surface area contributed by atoms with Crippen molar-refractivity contribution >= 4 is 22.6 Å². The van der Waals surface area contributed by atoms with Crippen LogP contribution < -0.4 is 0 Å². The number of nitro benzene ring substituents is 1. The zero-order chi connectivity index (χ0) is 17.3. The Morgan fingerprint density at radius 1 is 1.21 bits per heavy atom. The first-order valence-corrected chi connectivity index (χ1v) is 7.64. The standard InChI is InChI=1S/C18H16N2O4/c1-2-10-19-15-9-8-13(20(23)24)11-14(15)16(17(19)18(21)22)12-6-4-3-5-7-12/h3-9,11H,2,10H2,1H3,(H,21,22). The summed E-state index contributed by atoms with van der Waals surface area (Å²) in [6, 6.07) is 13.6. The lowest BCUT2D eigenvalue weighted by Crippen LogP contribution is -2.09. The van der Waals surface area contributed by atoms with Gasteiger partial charge in [-0.1, -0.05) is 37.3 Å². The van der Waals surface area contributed by atoms with Crippen molar-refractivity contribution in [2.75, 3.05) is 0 Å². The van der Waals surface area contributed by atoms with Gasteiger partial charge in [-0.15, -0.1) is 0 Å². The summed E-state index contributed by atoms with van der Waals surface area (Å²) in [6.45, 7) is 2.49. The van der Waals surface area contributed by atoms with Crippen LogP contribution in [0.1, 0.15) is 23.8 Å². The Morgan fingerprint density at radius 2 is 1.92 bits per heavy atom. The number of benzene rings is 2. The first-order valence-electron chi connectivity index (χ1n) is 7.64. The van der Waals surface area contributed by atoms with E-state index in [1.807, 2.05) is 37.3 Å². The number of non-ortho nitro benzene ring substituents is 1. The normalized spacial score (nSPS) is 10.9. The number of nitrogens with zero attached hydrogens (tertiary/aromatic N) is 2. The van der Waals surface area contributed by atoms with Crippen molar-refractivity contribution in [1.29, 1.82) is 0 Å². The monoisotopic (exact) mass is 324 g/mol. The zero-order valence-electron chi connectivity index (χ0n) is 13.1. The molecule has 3 aromatic rings. The third kappa shape index (κ3) is 2.52. The number of rotatable bonds is 5. The molecule has 0 atom stereocenters. The van der Waals surface area contributed by atoms with Gasteiger partial charge < -0.3 is 9.67 Å². The highest BCUT2D eigenvalue weighted by Gasteiger charge is 2.24. The fourth-order valence-corrected chi connectivity index (χ4v) is 3.03. The molecule has 0 bridgehead atoms. The van der Waals surface area contributed by atoms with Crippen LogP contribution in [0.15, 0.2) is 48.5 Å². The van der Waals surface area contributed by atoms with Crippen LogP contribution in [0.3, 0.4) is 0 Å². The van der Waals surface area contributed by atoms with Crippen molar-refractivity contribution in [3.8, 4) is 11.1 Å². The Kier molecular flexibility index (Phi) is 4.04. The summed E-state index contributed by atoms with van der Waals surface area (Å²) in [6.07, 6.45) is 0.759. The summed E-state index contributed by atoms with van der Waals surface area (Å²) < 4.78 is 1.73. The summed E-state index contributed by atoms with van der Waals surface area (Å²) >= 11 is 0. The smallest absolute Gasteiger partial charge is 0.353 e. The van der Waals surface area contributed by atoms with Crippen LogP contribution >= 0.6 is 0 Å². The highest BCUT2D eigenvalue weighted by atomic mass is 16.6. The van der Waals surface area contributed by atoms with Gasteiger partial charge in [0, 0.05) is 35.1 Å². The molecule has 0 aliphatic heterocycles. The van der Waals surface area contributed by atoms with Gasteiger partial charge in [-0.25, -0.2) is 4.79 Å². The van der Waals surface area contributed by atoms with E-state index in [4.69, 9.17) is 0 Å². The molecule has 0 saturated heterocycles. The Balaban J connectivity index is 2.44. The number of hydrogen-bond acceptors (Lipinski definition) is 3. The number of aromatic nitrogens is 1. The average Bonchev–Trinajstić information content (AvgIpc) is 2.90. The third-order valence-corrected chi connectivity index (χ3v) is 3.97. The van der Waals surface area contributed by atoms with Gasteiger partial charge >= 0.3 is 5.97 Å². The van der Waals surface area contributed by atoms with Crippen molar-refractivity contribution in [2.24, 2.45) is 0 Å². The van der Waals surface area contributed by atoms with Gasteiger partial charge in [0.1, 0.15) is 5.69 Å². The van der Waals surface area contributed by atoms with E-state index < -0.39 is 10.9 Å². The molecule has 1 heterocycles. The number of aryl methyl sites for hydroxylation is 1. The minimum absolute atomic E-state index is 0.0507. The van der Waals surface area contributed by atoms with E-state index in [0.717, 1.165) is 12.0 Å². The quantitative estimate of drug-likeness (QED) is 0.559. The lowest BCUT2D eigenvalue weighted by atomic mass is 10.0. The summed E-state index contributed by atoms with van der Waals surface area (Å²) in [5.41, 5.74) is 2.06. The number of carbonyl (C=O) groups is 1. The molecule has 122 valence electrons. The number of fused-ring (bicyclic) bond motifs is 1. The number of aromatic carboxylic acids is 1. The predicted octanol–water partition coefficient (Wildman–Crippen LogP) is 4.32. The second kappa shape index (κ2) is 6.16. The molecule has 3 rings (SSSR count). The average molecular weight is 324 g/mol. The van der Waals surface area contributed by atoms with Crippen molar-refractivity contribution < 1.29 is 14.8 Å². The number of hydrogen-bond donors (Lipinski definition) is 1. The van der Waals surface area contributed by atoms with E-state index in [1.165, 1.54) is 12.1 Å². The third-order valence-electron chi connectivity index (χ3n) is 3.97. The topological polar surface area (TPSA) is 85.4 Å². The molecule has 0 aliphatic rings. The first-order chi connectivity index (χ1) is 11.5. The summed E-state index contributed by atoms with van der Waals surface area (Å²) in [7, 11) is 0. The first kappa shape index (κ1) is 15.7. The summed E-state index contributed by atoms with van der Waals surface area (Å²) in [5, 5.41) is 21.5. The van der Waals surface area contributed by atoms with Crippen LogP contribution in [0.4, 0.5) is 5.69 Å². The molecule has 1 aromatic heterocycles. The Bertz CT molecular complexity index is 929. The molecule has 1 N–H and O–H groups in total. The molecule has 0 unspecified atom stereocenters. The maximum atomic E-state index is 11.9. The molecule has 24 heavy (non-hydrogen) atoms. The van der Waals surface area contributed by atoms with E-state index in [2.05, 4.69) is 0 Å². The van der Waals surface area contributed by atoms with Crippen LogP contribution in [0, 0.1) is 10.1 Å².